The molecule has 0 aliphatic carbocycles. The van der Waals surface area contributed by atoms with Gasteiger partial charge in [0.15, 0.2) is 5.82 Å². The van der Waals surface area contributed by atoms with E-state index < -0.39 is 0 Å². The lowest BCUT2D eigenvalue weighted by atomic mass is 10.0. The van der Waals surface area contributed by atoms with Crippen LogP contribution >= 0.6 is 11.8 Å². The van der Waals surface area contributed by atoms with Crippen LogP contribution in [0, 0.1) is 11.7 Å². The minimum absolute atomic E-state index is 0.221. The molecule has 0 saturated heterocycles. The zero-order chi connectivity index (χ0) is 15.2. The molecule has 2 rings (SSSR count). The van der Waals surface area contributed by atoms with Crippen molar-refractivity contribution in [2.75, 3.05) is 7.05 Å². The summed E-state index contributed by atoms with van der Waals surface area (Å²) >= 11 is 1.37. The Labute approximate surface area is 128 Å². The highest BCUT2D eigenvalue weighted by Crippen LogP contribution is 2.24. The Morgan fingerprint density at radius 1 is 1.33 bits per heavy atom. The van der Waals surface area contributed by atoms with Gasteiger partial charge < -0.3 is 9.84 Å². The minimum Gasteiger partial charge on any atom is -0.339 e. The van der Waals surface area contributed by atoms with E-state index in [1.807, 2.05) is 13.1 Å². The van der Waals surface area contributed by atoms with Crippen molar-refractivity contribution < 1.29 is 8.91 Å². The number of rotatable bonds is 7. The van der Waals surface area contributed by atoms with Crippen molar-refractivity contribution in [3.63, 3.8) is 0 Å². The summed E-state index contributed by atoms with van der Waals surface area (Å²) in [5.41, 5.74) is 0. The highest BCUT2D eigenvalue weighted by Gasteiger charge is 2.16. The molecule has 4 nitrogen and oxygen atoms in total. The second-order valence-electron chi connectivity index (χ2n) is 5.17. The third kappa shape index (κ3) is 4.54. The zero-order valence-electron chi connectivity index (χ0n) is 12.5. The molecule has 2 aromatic rings. The first kappa shape index (κ1) is 16.0. The molecule has 0 aliphatic heterocycles. The van der Waals surface area contributed by atoms with E-state index in [4.69, 9.17) is 4.52 Å². The van der Waals surface area contributed by atoms with E-state index in [0.29, 0.717) is 40.7 Å². The topological polar surface area (TPSA) is 51.0 Å². The van der Waals surface area contributed by atoms with Crippen LogP contribution in [-0.4, -0.2) is 23.2 Å². The summed E-state index contributed by atoms with van der Waals surface area (Å²) in [7, 11) is 1.93. The van der Waals surface area contributed by atoms with Gasteiger partial charge in [0.05, 0.1) is 5.75 Å². The summed E-state index contributed by atoms with van der Waals surface area (Å²) in [4.78, 5) is 4.96. The molecule has 6 heteroatoms. The largest absolute Gasteiger partial charge is 0.339 e. The molecule has 0 amide bonds. The van der Waals surface area contributed by atoms with Gasteiger partial charge in [-0.15, -0.1) is 11.8 Å². The Balaban J connectivity index is 1.93. The number of hydrogen-bond acceptors (Lipinski definition) is 5. The summed E-state index contributed by atoms with van der Waals surface area (Å²) in [5, 5.41) is 7.19. The van der Waals surface area contributed by atoms with Crippen LogP contribution < -0.4 is 5.32 Å². The average Bonchev–Trinajstić information content (AvgIpc) is 2.91. The van der Waals surface area contributed by atoms with Gasteiger partial charge in [-0.25, -0.2) is 4.39 Å². The average molecular weight is 309 g/mol. The normalized spacial score (nSPS) is 12.8. The Morgan fingerprint density at radius 3 is 2.76 bits per heavy atom. The highest BCUT2D eigenvalue weighted by atomic mass is 32.2. The highest BCUT2D eigenvalue weighted by molar-refractivity contribution is 7.98. The van der Waals surface area contributed by atoms with Gasteiger partial charge in [-0.2, -0.15) is 4.98 Å². The third-order valence-electron chi connectivity index (χ3n) is 3.27. The van der Waals surface area contributed by atoms with Gasteiger partial charge in [0.1, 0.15) is 5.82 Å². The zero-order valence-corrected chi connectivity index (χ0v) is 13.3. The van der Waals surface area contributed by atoms with Crippen molar-refractivity contribution in [3.05, 3.63) is 41.8 Å². The van der Waals surface area contributed by atoms with Crippen molar-refractivity contribution in [2.24, 2.45) is 5.92 Å². The van der Waals surface area contributed by atoms with Gasteiger partial charge in [0.2, 0.25) is 5.89 Å². The first-order chi connectivity index (χ1) is 10.1. The van der Waals surface area contributed by atoms with Crippen LogP contribution in [0.2, 0.25) is 0 Å². The number of hydrogen-bond donors (Lipinski definition) is 1. The van der Waals surface area contributed by atoms with Crippen LogP contribution in [0.3, 0.4) is 0 Å². The molecule has 1 heterocycles. The number of benzene rings is 1. The van der Waals surface area contributed by atoms with Crippen molar-refractivity contribution in [3.8, 4) is 0 Å². The van der Waals surface area contributed by atoms with E-state index >= 15 is 0 Å². The molecular formula is C15H20FN3OS. The number of nitrogens with zero attached hydrogens (tertiary/aromatic N) is 2. The predicted octanol–water partition coefficient (Wildman–Crippen LogP) is 3.29. The smallest absolute Gasteiger partial charge is 0.228 e. The van der Waals surface area contributed by atoms with Crippen molar-refractivity contribution in [1.29, 1.82) is 0 Å². The Bertz CT molecular complexity index is 574. The molecule has 0 fully saturated rings. The van der Waals surface area contributed by atoms with Gasteiger partial charge >= 0.3 is 0 Å². The van der Waals surface area contributed by atoms with Crippen LogP contribution in [0.5, 0.6) is 0 Å². The molecule has 1 aromatic heterocycles. The minimum atomic E-state index is -0.221. The van der Waals surface area contributed by atoms with Crippen LogP contribution in [0.1, 0.15) is 25.6 Å². The van der Waals surface area contributed by atoms with Crippen LogP contribution in [0.15, 0.2) is 33.7 Å². The SMILES string of the molecule is CNC(Cc1nc(CSc2ccccc2F)no1)C(C)C. The lowest BCUT2D eigenvalue weighted by Gasteiger charge is -2.17. The molecule has 0 saturated carbocycles. The fraction of sp³-hybridized carbons (Fsp3) is 0.467. The first-order valence-electron chi connectivity index (χ1n) is 6.96. The van der Waals surface area contributed by atoms with Crippen molar-refractivity contribution >= 4 is 11.8 Å². The number of likely N-dealkylation sites (N-methyl/N-ethyl adjacent to an activating group) is 1. The molecule has 1 unspecified atom stereocenters. The Kier molecular flexibility index (Phi) is 5.76. The van der Waals surface area contributed by atoms with Crippen molar-refractivity contribution in [1.82, 2.24) is 15.5 Å². The van der Waals surface area contributed by atoms with Gasteiger partial charge in [0, 0.05) is 17.4 Å². The Morgan fingerprint density at radius 2 is 2.10 bits per heavy atom. The molecule has 21 heavy (non-hydrogen) atoms. The molecule has 1 aromatic carbocycles. The van der Waals surface area contributed by atoms with E-state index in [2.05, 4.69) is 29.3 Å². The monoisotopic (exact) mass is 309 g/mol. The van der Waals surface area contributed by atoms with Gasteiger partial charge in [0.25, 0.3) is 0 Å². The molecule has 0 spiro atoms. The maximum atomic E-state index is 13.5. The number of thioether (sulfide) groups is 1. The van der Waals surface area contributed by atoms with Crippen LogP contribution in [-0.2, 0) is 12.2 Å². The van der Waals surface area contributed by atoms with Gasteiger partial charge in [-0.05, 0) is 25.1 Å². The summed E-state index contributed by atoms with van der Waals surface area (Å²) in [5.74, 6) is 1.97. The lowest BCUT2D eigenvalue weighted by Crippen LogP contribution is -2.32. The van der Waals surface area contributed by atoms with E-state index in [0.717, 1.165) is 0 Å². The number of aromatic nitrogens is 2. The fourth-order valence-electron chi connectivity index (χ4n) is 1.99. The maximum Gasteiger partial charge on any atom is 0.228 e. The molecule has 114 valence electrons. The van der Waals surface area contributed by atoms with Gasteiger partial charge in [-0.3, -0.25) is 0 Å². The predicted molar refractivity (Wildman–Crippen MR) is 81.6 cm³/mol. The van der Waals surface area contributed by atoms with E-state index in [1.54, 1.807) is 12.1 Å². The molecule has 0 aliphatic rings. The molecular weight excluding hydrogens is 289 g/mol. The third-order valence-corrected chi connectivity index (χ3v) is 4.32. The quantitative estimate of drug-likeness (QED) is 0.795. The summed E-state index contributed by atoms with van der Waals surface area (Å²) in [6.07, 6.45) is 0.700. The summed E-state index contributed by atoms with van der Waals surface area (Å²) in [6, 6.07) is 6.99. The summed E-state index contributed by atoms with van der Waals surface area (Å²) < 4.78 is 18.8. The van der Waals surface area contributed by atoms with Gasteiger partial charge in [-0.1, -0.05) is 31.1 Å². The van der Waals surface area contributed by atoms with Crippen LogP contribution in [0.25, 0.3) is 0 Å². The second-order valence-corrected chi connectivity index (χ2v) is 6.18. The first-order valence-corrected chi connectivity index (χ1v) is 7.94. The fourth-order valence-corrected chi connectivity index (χ4v) is 2.78. The second kappa shape index (κ2) is 7.56. The molecule has 1 atom stereocenters. The standard InChI is InChI=1S/C15H20FN3OS/c1-10(2)12(17-3)8-15-18-14(19-20-15)9-21-13-7-5-4-6-11(13)16/h4-7,10,12,17H,8-9H2,1-3H3. The molecule has 1 N–H and O–H groups in total. The molecule has 0 radical (unpaired) electrons. The van der Waals surface area contributed by atoms with E-state index in [9.17, 15) is 4.39 Å². The lowest BCUT2D eigenvalue weighted by molar-refractivity contribution is 0.333. The summed E-state index contributed by atoms with van der Waals surface area (Å²) in [6.45, 7) is 4.29. The number of nitrogens with one attached hydrogen (secondary N) is 1. The molecule has 0 bridgehead atoms. The van der Waals surface area contributed by atoms with Crippen LogP contribution in [0.4, 0.5) is 4.39 Å². The van der Waals surface area contributed by atoms with Crippen molar-refractivity contribution in [2.45, 2.75) is 37.0 Å². The van der Waals surface area contributed by atoms with E-state index in [-0.39, 0.29) is 5.82 Å². The Hall–Kier alpha value is -1.40. The maximum absolute atomic E-state index is 13.5. The van der Waals surface area contributed by atoms with E-state index in [1.165, 1.54) is 17.8 Å². The number of halogens is 1.